The Morgan fingerprint density at radius 3 is 3.08 bits per heavy atom. The molecule has 4 heteroatoms. The van der Waals surface area contributed by atoms with Crippen LogP contribution in [0.5, 0.6) is 0 Å². The quantitative estimate of drug-likeness (QED) is 0.615. The fourth-order valence-corrected chi connectivity index (χ4v) is 1.25. The van der Waals surface area contributed by atoms with Crippen LogP contribution in [-0.4, -0.2) is 9.61 Å². The van der Waals surface area contributed by atoms with E-state index in [1.165, 1.54) is 10.7 Å². The second-order valence-corrected chi connectivity index (χ2v) is 3.03. The molecule has 2 aromatic heterocycles. The van der Waals surface area contributed by atoms with Crippen LogP contribution in [0.25, 0.3) is 5.52 Å². The first kappa shape index (κ1) is 7.55. The van der Waals surface area contributed by atoms with Gasteiger partial charge in [-0.05, 0) is 18.6 Å². The Morgan fingerprint density at radius 1 is 1.58 bits per heavy atom. The van der Waals surface area contributed by atoms with Crippen molar-refractivity contribution in [3.05, 3.63) is 34.9 Å². The molecule has 2 rings (SSSR count). The van der Waals surface area contributed by atoms with Crippen LogP contribution < -0.4 is 0 Å². The van der Waals surface area contributed by atoms with Crippen molar-refractivity contribution in [1.29, 1.82) is 0 Å². The van der Waals surface area contributed by atoms with Gasteiger partial charge in [-0.1, -0.05) is 11.6 Å². The van der Waals surface area contributed by atoms with E-state index >= 15 is 0 Å². The molecule has 0 radical (unpaired) electrons. The number of aromatic nitrogens is 2. The Balaban J connectivity index is 2.87. The number of rotatable bonds is 0. The van der Waals surface area contributed by atoms with Crippen molar-refractivity contribution in [2.75, 3.05) is 0 Å². The highest BCUT2D eigenvalue weighted by Gasteiger charge is 2.04. The van der Waals surface area contributed by atoms with Gasteiger partial charge in [0, 0.05) is 0 Å². The van der Waals surface area contributed by atoms with E-state index in [1.54, 1.807) is 12.3 Å². The largest absolute Gasteiger partial charge is 0.238 e. The summed E-state index contributed by atoms with van der Waals surface area (Å²) >= 11 is 5.60. The first-order valence-corrected chi connectivity index (χ1v) is 3.85. The Labute approximate surface area is 73.6 Å². The molecule has 0 aromatic carbocycles. The lowest BCUT2D eigenvalue weighted by atomic mass is 10.3. The number of hydrogen-bond donors (Lipinski definition) is 0. The van der Waals surface area contributed by atoms with Gasteiger partial charge >= 0.3 is 0 Å². The normalized spacial score (nSPS) is 10.9. The van der Waals surface area contributed by atoms with Gasteiger partial charge in [-0.15, -0.1) is 0 Å². The second-order valence-electron chi connectivity index (χ2n) is 2.63. The summed E-state index contributed by atoms with van der Waals surface area (Å²) in [5.74, 6) is -0.452. The topological polar surface area (TPSA) is 17.3 Å². The first-order chi connectivity index (χ1) is 5.68. The molecule has 0 aliphatic heterocycles. The van der Waals surface area contributed by atoms with E-state index in [1.807, 2.05) is 6.92 Å². The van der Waals surface area contributed by atoms with E-state index < -0.39 is 5.82 Å². The van der Waals surface area contributed by atoms with Crippen molar-refractivity contribution in [2.45, 2.75) is 6.92 Å². The minimum Gasteiger partial charge on any atom is -0.238 e. The molecule has 0 unspecified atom stereocenters. The zero-order valence-corrected chi connectivity index (χ0v) is 7.14. The molecule has 0 N–H and O–H groups in total. The third-order valence-corrected chi connectivity index (χ3v) is 2.04. The second kappa shape index (κ2) is 2.45. The van der Waals surface area contributed by atoms with Crippen LogP contribution in [0.15, 0.2) is 18.5 Å². The van der Waals surface area contributed by atoms with Gasteiger partial charge < -0.3 is 0 Å². The minimum atomic E-state index is -0.452. The van der Waals surface area contributed by atoms with Crippen molar-refractivity contribution < 1.29 is 4.39 Å². The summed E-state index contributed by atoms with van der Waals surface area (Å²) in [6.07, 6.45) is 2.94. The summed E-state index contributed by atoms with van der Waals surface area (Å²) in [6, 6.07) is 1.57. The number of aryl methyl sites for hydroxylation is 1. The zero-order valence-electron chi connectivity index (χ0n) is 6.38. The van der Waals surface area contributed by atoms with Crippen molar-refractivity contribution >= 4 is 17.1 Å². The zero-order chi connectivity index (χ0) is 8.72. The van der Waals surface area contributed by atoms with Crippen molar-refractivity contribution in [1.82, 2.24) is 9.61 Å². The lowest BCUT2D eigenvalue weighted by Crippen LogP contribution is -1.89. The summed E-state index contributed by atoms with van der Waals surface area (Å²) in [5.41, 5.74) is 1.82. The molecule has 62 valence electrons. The van der Waals surface area contributed by atoms with Gasteiger partial charge in [-0.25, -0.2) is 8.91 Å². The van der Waals surface area contributed by atoms with Gasteiger partial charge in [-0.3, -0.25) is 0 Å². The van der Waals surface area contributed by atoms with E-state index in [-0.39, 0.29) is 5.02 Å². The van der Waals surface area contributed by atoms with Crippen LogP contribution in [0.1, 0.15) is 5.56 Å². The van der Waals surface area contributed by atoms with E-state index in [0.29, 0.717) is 0 Å². The molecule has 0 spiro atoms. The van der Waals surface area contributed by atoms with Gasteiger partial charge in [0.05, 0.1) is 22.9 Å². The van der Waals surface area contributed by atoms with E-state index in [4.69, 9.17) is 11.6 Å². The maximum atomic E-state index is 12.9. The van der Waals surface area contributed by atoms with Crippen LogP contribution in [0, 0.1) is 12.7 Å². The van der Waals surface area contributed by atoms with Gasteiger partial charge in [0.2, 0.25) is 0 Å². The molecular formula is C8H6ClFN2. The third-order valence-electron chi connectivity index (χ3n) is 1.75. The smallest absolute Gasteiger partial charge is 0.160 e. The van der Waals surface area contributed by atoms with Gasteiger partial charge in [0.15, 0.2) is 5.82 Å². The molecule has 2 heterocycles. The summed E-state index contributed by atoms with van der Waals surface area (Å²) in [7, 11) is 0. The minimum absolute atomic E-state index is 0.131. The lowest BCUT2D eigenvalue weighted by Gasteiger charge is -1.96. The molecule has 0 atom stereocenters. The molecule has 0 bridgehead atoms. The van der Waals surface area contributed by atoms with Crippen molar-refractivity contribution in [3.8, 4) is 0 Å². The number of pyridine rings is 1. The average Bonchev–Trinajstić information content (AvgIpc) is 2.35. The van der Waals surface area contributed by atoms with E-state index in [9.17, 15) is 4.39 Å². The molecule has 2 nitrogen and oxygen atoms in total. The average molecular weight is 185 g/mol. The Bertz CT molecular complexity index is 436. The van der Waals surface area contributed by atoms with Gasteiger partial charge in [0.25, 0.3) is 0 Å². The highest BCUT2D eigenvalue weighted by molar-refractivity contribution is 6.31. The standard InChI is InChI=1S/C8H6ClFN2/c1-5-3-11-12-4-7(10)6(9)2-8(5)12/h2-4H,1H3. The SMILES string of the molecule is Cc1cnn2cc(F)c(Cl)cc12. The number of halogens is 2. The molecule has 12 heavy (non-hydrogen) atoms. The molecule has 0 aliphatic rings. The predicted octanol–water partition coefficient (Wildman–Crippen LogP) is 2.44. The van der Waals surface area contributed by atoms with Gasteiger partial charge in [0.1, 0.15) is 0 Å². The van der Waals surface area contributed by atoms with Crippen LogP contribution >= 0.6 is 11.6 Å². The fourth-order valence-electron chi connectivity index (χ4n) is 1.10. The van der Waals surface area contributed by atoms with Crippen molar-refractivity contribution in [3.63, 3.8) is 0 Å². The summed E-state index contributed by atoms with van der Waals surface area (Å²) in [5, 5.41) is 4.07. The number of hydrogen-bond acceptors (Lipinski definition) is 1. The van der Waals surface area contributed by atoms with E-state index in [2.05, 4.69) is 5.10 Å². The maximum Gasteiger partial charge on any atom is 0.160 e. The molecule has 0 amide bonds. The third kappa shape index (κ3) is 0.975. The number of nitrogens with zero attached hydrogens (tertiary/aromatic N) is 2. The summed E-state index contributed by atoms with van der Waals surface area (Å²) < 4.78 is 14.3. The predicted molar refractivity (Wildman–Crippen MR) is 44.9 cm³/mol. The summed E-state index contributed by atoms with van der Waals surface area (Å²) in [4.78, 5) is 0. The lowest BCUT2D eigenvalue weighted by molar-refractivity contribution is 0.615. The highest BCUT2D eigenvalue weighted by atomic mass is 35.5. The van der Waals surface area contributed by atoms with Crippen molar-refractivity contribution in [2.24, 2.45) is 0 Å². The molecule has 0 aliphatic carbocycles. The van der Waals surface area contributed by atoms with E-state index in [0.717, 1.165) is 11.1 Å². The highest BCUT2D eigenvalue weighted by Crippen LogP contribution is 2.18. The van der Waals surface area contributed by atoms with Crippen LogP contribution in [-0.2, 0) is 0 Å². The Morgan fingerprint density at radius 2 is 2.33 bits per heavy atom. The van der Waals surface area contributed by atoms with Crippen LogP contribution in [0.2, 0.25) is 5.02 Å². The van der Waals surface area contributed by atoms with Gasteiger partial charge in [-0.2, -0.15) is 5.10 Å². The molecule has 0 saturated heterocycles. The number of fused-ring (bicyclic) bond motifs is 1. The van der Waals surface area contributed by atoms with Crippen LogP contribution in [0.4, 0.5) is 4.39 Å². The molecular weight excluding hydrogens is 179 g/mol. The molecule has 2 aromatic rings. The summed E-state index contributed by atoms with van der Waals surface area (Å²) in [6.45, 7) is 1.90. The Kier molecular flexibility index (Phi) is 1.54. The molecule has 0 fully saturated rings. The fraction of sp³-hybridized carbons (Fsp3) is 0.125. The maximum absolute atomic E-state index is 12.9. The monoisotopic (exact) mass is 184 g/mol. The van der Waals surface area contributed by atoms with Crippen LogP contribution in [0.3, 0.4) is 0 Å². The first-order valence-electron chi connectivity index (χ1n) is 3.47. The molecule has 0 saturated carbocycles. The Hall–Kier alpha value is -1.09.